The number of methoxy groups -OCH3 is 1. The number of hydrogen-bond donors (Lipinski definition) is 0. The zero-order valence-electron chi connectivity index (χ0n) is 16.1. The van der Waals surface area contributed by atoms with Crippen LogP contribution in [0.15, 0.2) is 53.1 Å². The van der Waals surface area contributed by atoms with Gasteiger partial charge in [-0.25, -0.2) is 0 Å². The first-order valence-corrected chi connectivity index (χ1v) is 9.48. The molecule has 0 radical (unpaired) electrons. The summed E-state index contributed by atoms with van der Waals surface area (Å²) < 4.78 is 10.7. The highest BCUT2D eigenvalue weighted by molar-refractivity contribution is 5.95. The maximum Gasteiger partial charge on any atom is 0.257 e. The van der Waals surface area contributed by atoms with Crippen molar-refractivity contribution in [3.63, 3.8) is 0 Å². The van der Waals surface area contributed by atoms with Gasteiger partial charge in [-0.3, -0.25) is 4.79 Å². The third-order valence-electron chi connectivity index (χ3n) is 5.23. The van der Waals surface area contributed by atoms with Gasteiger partial charge in [-0.15, -0.1) is 0 Å². The van der Waals surface area contributed by atoms with Crippen molar-refractivity contribution in [3.05, 3.63) is 65.5 Å². The first kappa shape index (κ1) is 18.2. The molecule has 6 nitrogen and oxygen atoms in total. The summed E-state index contributed by atoms with van der Waals surface area (Å²) in [4.78, 5) is 19.4. The highest BCUT2D eigenvalue weighted by Crippen LogP contribution is 2.28. The van der Waals surface area contributed by atoms with E-state index in [1.165, 1.54) is 0 Å². The number of ether oxygens (including phenoxy) is 1. The molecule has 0 bridgehead atoms. The molecular weight excluding hydrogens is 354 g/mol. The Morgan fingerprint density at radius 3 is 2.71 bits per heavy atom. The summed E-state index contributed by atoms with van der Waals surface area (Å²) in [5.74, 6) is 2.08. The van der Waals surface area contributed by atoms with Gasteiger partial charge in [-0.2, -0.15) is 4.98 Å². The summed E-state index contributed by atoms with van der Waals surface area (Å²) in [6.07, 6.45) is 1.87. The molecule has 0 unspecified atom stereocenters. The van der Waals surface area contributed by atoms with E-state index in [9.17, 15) is 4.79 Å². The molecule has 2 heterocycles. The minimum atomic E-state index is 0.0710. The molecule has 1 aliphatic rings. The Labute approximate surface area is 164 Å². The summed E-state index contributed by atoms with van der Waals surface area (Å²) in [7, 11) is 1.63. The fourth-order valence-corrected chi connectivity index (χ4v) is 3.61. The van der Waals surface area contributed by atoms with Crippen molar-refractivity contribution in [3.8, 4) is 17.2 Å². The minimum absolute atomic E-state index is 0.0710. The number of carbonyl (C=O) groups is 1. The molecule has 3 aromatic rings. The quantitative estimate of drug-likeness (QED) is 0.685. The number of rotatable bonds is 4. The second-order valence-corrected chi connectivity index (χ2v) is 7.09. The Hall–Kier alpha value is -3.15. The van der Waals surface area contributed by atoms with E-state index >= 15 is 0 Å². The summed E-state index contributed by atoms with van der Waals surface area (Å²) in [5.41, 5.74) is 2.61. The summed E-state index contributed by atoms with van der Waals surface area (Å²) in [5, 5.41) is 4.19. The van der Waals surface area contributed by atoms with Gasteiger partial charge in [-0.05, 0) is 55.7 Å². The lowest BCUT2D eigenvalue weighted by molar-refractivity contribution is 0.0703. The molecular formula is C22H23N3O3. The molecule has 1 atom stereocenters. The maximum absolute atomic E-state index is 12.9. The Bertz CT molecular complexity index is 965. The zero-order chi connectivity index (χ0) is 19.5. The second-order valence-electron chi connectivity index (χ2n) is 7.09. The maximum atomic E-state index is 12.9. The van der Waals surface area contributed by atoms with Gasteiger partial charge in [0.05, 0.1) is 7.11 Å². The van der Waals surface area contributed by atoms with Crippen molar-refractivity contribution >= 4 is 5.91 Å². The van der Waals surface area contributed by atoms with E-state index in [1.807, 2.05) is 60.4 Å². The van der Waals surface area contributed by atoms with Crippen LogP contribution in [0.4, 0.5) is 0 Å². The van der Waals surface area contributed by atoms with Crippen LogP contribution in [0, 0.1) is 6.92 Å². The van der Waals surface area contributed by atoms with Crippen molar-refractivity contribution in [2.45, 2.75) is 25.7 Å². The summed E-state index contributed by atoms with van der Waals surface area (Å²) >= 11 is 0. The average Bonchev–Trinajstić information content (AvgIpc) is 3.24. The number of piperidine rings is 1. The third kappa shape index (κ3) is 3.63. The largest absolute Gasteiger partial charge is 0.497 e. The first-order chi connectivity index (χ1) is 13.7. The van der Waals surface area contributed by atoms with Gasteiger partial charge in [0, 0.05) is 30.1 Å². The topological polar surface area (TPSA) is 68.5 Å². The smallest absolute Gasteiger partial charge is 0.257 e. The van der Waals surface area contributed by atoms with E-state index in [0.717, 1.165) is 41.8 Å². The lowest BCUT2D eigenvalue weighted by Gasteiger charge is -2.31. The van der Waals surface area contributed by atoms with Crippen LogP contribution in [-0.2, 0) is 0 Å². The molecule has 1 amide bonds. The molecule has 6 heteroatoms. The number of amides is 1. The molecule has 1 aromatic heterocycles. The van der Waals surface area contributed by atoms with Gasteiger partial charge in [0.1, 0.15) is 5.75 Å². The summed E-state index contributed by atoms with van der Waals surface area (Å²) in [6.45, 7) is 3.33. The molecule has 0 N–H and O–H groups in total. The Kier molecular flexibility index (Phi) is 5.10. The number of likely N-dealkylation sites (tertiary alicyclic amines) is 1. The third-order valence-corrected chi connectivity index (χ3v) is 5.23. The Balaban J connectivity index is 1.50. The number of aromatic nitrogens is 2. The fourth-order valence-electron chi connectivity index (χ4n) is 3.61. The van der Waals surface area contributed by atoms with Gasteiger partial charge in [-0.1, -0.05) is 23.4 Å². The Morgan fingerprint density at radius 2 is 1.96 bits per heavy atom. The van der Waals surface area contributed by atoms with Crippen LogP contribution in [-0.4, -0.2) is 41.1 Å². The summed E-state index contributed by atoms with van der Waals surface area (Å²) in [6, 6.07) is 15.2. The van der Waals surface area contributed by atoms with E-state index in [1.54, 1.807) is 7.11 Å². The number of nitrogens with zero attached hydrogens (tertiary/aromatic N) is 3. The van der Waals surface area contributed by atoms with Crippen LogP contribution in [0.25, 0.3) is 11.5 Å². The lowest BCUT2D eigenvalue weighted by Crippen LogP contribution is -2.39. The van der Waals surface area contributed by atoms with Crippen LogP contribution in [0.3, 0.4) is 0 Å². The highest BCUT2D eigenvalue weighted by Gasteiger charge is 2.29. The van der Waals surface area contributed by atoms with Crippen molar-refractivity contribution < 1.29 is 14.1 Å². The molecule has 1 fully saturated rings. The molecule has 28 heavy (non-hydrogen) atoms. The SMILES string of the molecule is COc1ccc(-c2nc([C@H]3CCCN(C(=O)c4ccccc4C)C3)no2)cc1. The van der Waals surface area contributed by atoms with Crippen LogP contribution < -0.4 is 4.74 Å². The molecule has 1 aliphatic heterocycles. The van der Waals surface area contributed by atoms with Crippen molar-refractivity contribution in [1.82, 2.24) is 15.0 Å². The van der Waals surface area contributed by atoms with Gasteiger partial charge >= 0.3 is 0 Å². The molecule has 2 aromatic carbocycles. The van der Waals surface area contributed by atoms with Gasteiger partial charge < -0.3 is 14.2 Å². The molecule has 0 spiro atoms. The minimum Gasteiger partial charge on any atom is -0.497 e. The van der Waals surface area contributed by atoms with Gasteiger partial charge in [0.15, 0.2) is 5.82 Å². The van der Waals surface area contributed by atoms with Crippen LogP contribution in [0.2, 0.25) is 0 Å². The van der Waals surface area contributed by atoms with Crippen LogP contribution in [0.5, 0.6) is 5.75 Å². The molecule has 0 saturated carbocycles. The average molecular weight is 377 g/mol. The van der Waals surface area contributed by atoms with Gasteiger partial charge in [0.25, 0.3) is 11.8 Å². The van der Waals surface area contributed by atoms with E-state index in [0.29, 0.717) is 18.3 Å². The number of aryl methyl sites for hydroxylation is 1. The van der Waals surface area contributed by atoms with Crippen molar-refractivity contribution in [2.75, 3.05) is 20.2 Å². The normalized spacial score (nSPS) is 16.8. The van der Waals surface area contributed by atoms with Crippen LogP contribution >= 0.6 is 0 Å². The molecule has 4 rings (SSSR count). The number of benzene rings is 2. The first-order valence-electron chi connectivity index (χ1n) is 9.48. The van der Waals surface area contributed by atoms with Crippen LogP contribution in [0.1, 0.15) is 40.5 Å². The molecule has 144 valence electrons. The van der Waals surface area contributed by atoms with E-state index < -0.39 is 0 Å². The molecule has 1 saturated heterocycles. The Morgan fingerprint density at radius 1 is 1.18 bits per heavy atom. The highest BCUT2D eigenvalue weighted by atomic mass is 16.5. The van der Waals surface area contributed by atoms with E-state index in [2.05, 4.69) is 10.1 Å². The second kappa shape index (κ2) is 7.84. The predicted octanol–water partition coefficient (Wildman–Crippen LogP) is 4.07. The predicted molar refractivity (Wildman–Crippen MR) is 105 cm³/mol. The van der Waals surface area contributed by atoms with Crippen molar-refractivity contribution in [1.29, 1.82) is 0 Å². The van der Waals surface area contributed by atoms with Gasteiger partial charge in [0.2, 0.25) is 0 Å². The van der Waals surface area contributed by atoms with Crippen molar-refractivity contribution in [2.24, 2.45) is 0 Å². The number of hydrogen-bond acceptors (Lipinski definition) is 5. The lowest BCUT2D eigenvalue weighted by atomic mass is 9.96. The molecule has 0 aliphatic carbocycles. The standard InChI is InChI=1S/C22H23N3O3/c1-15-6-3-4-8-19(15)22(26)25-13-5-7-17(14-25)20-23-21(28-24-20)16-9-11-18(27-2)12-10-16/h3-4,6,8-12,17H,5,7,13-14H2,1-2H3/t17-/m0/s1. The number of carbonyl (C=O) groups excluding carboxylic acids is 1. The van der Waals surface area contributed by atoms with E-state index in [-0.39, 0.29) is 11.8 Å². The van der Waals surface area contributed by atoms with E-state index in [4.69, 9.17) is 9.26 Å². The zero-order valence-corrected chi connectivity index (χ0v) is 16.1. The fraction of sp³-hybridized carbons (Fsp3) is 0.318. The monoisotopic (exact) mass is 377 g/mol.